The fraction of sp³-hybridized carbons (Fsp3) is 0.524. The van der Waals surface area contributed by atoms with Gasteiger partial charge in [-0.05, 0) is 18.2 Å². The smallest absolute Gasteiger partial charge is 0.420 e. The zero-order chi connectivity index (χ0) is 26.5. The van der Waals surface area contributed by atoms with Crippen LogP contribution in [0, 0.1) is 5.92 Å². The largest absolute Gasteiger partial charge is 0.481 e. The van der Waals surface area contributed by atoms with E-state index in [4.69, 9.17) is 23.7 Å². The second-order valence-electron chi connectivity index (χ2n) is 7.51. The number of rotatable bonds is 8. The number of halogens is 4. The van der Waals surface area contributed by atoms with E-state index in [9.17, 15) is 37.5 Å². The Kier molecular flexibility index (Phi) is 9.49. The van der Waals surface area contributed by atoms with Gasteiger partial charge in [0.1, 0.15) is 18.5 Å². The number of benzene rings is 1. The van der Waals surface area contributed by atoms with E-state index in [0.29, 0.717) is 0 Å². The Morgan fingerprint density at radius 1 is 1.03 bits per heavy atom. The number of aliphatic carboxylic acids is 1. The maximum Gasteiger partial charge on any atom is 0.420 e. The van der Waals surface area contributed by atoms with Gasteiger partial charge in [0.15, 0.2) is 12.2 Å². The minimum atomic E-state index is -4.84. The summed E-state index contributed by atoms with van der Waals surface area (Å²) in [5.74, 6) is -6.04. The van der Waals surface area contributed by atoms with Gasteiger partial charge in [-0.1, -0.05) is 15.9 Å². The molecule has 2 rings (SSSR count). The molecule has 0 bridgehead atoms. The minimum absolute atomic E-state index is 0.101. The number of carbonyl (C=O) groups excluding carboxylic acids is 3. The van der Waals surface area contributed by atoms with E-state index in [1.54, 1.807) is 0 Å². The molecule has 0 aromatic heterocycles. The van der Waals surface area contributed by atoms with Crippen molar-refractivity contribution in [2.45, 2.75) is 58.0 Å². The molecule has 0 aliphatic carbocycles. The summed E-state index contributed by atoms with van der Waals surface area (Å²) < 4.78 is 67.4. The van der Waals surface area contributed by atoms with Crippen LogP contribution in [0.3, 0.4) is 0 Å². The maximum atomic E-state index is 13.6. The summed E-state index contributed by atoms with van der Waals surface area (Å²) in [5, 5.41) is 9.42. The number of carboxylic acid groups (broad SMARTS) is 1. The summed E-state index contributed by atoms with van der Waals surface area (Å²) in [7, 11) is 0. The van der Waals surface area contributed by atoms with Gasteiger partial charge in [-0.2, -0.15) is 13.2 Å². The van der Waals surface area contributed by atoms with Crippen molar-refractivity contribution in [1.82, 2.24) is 0 Å². The second kappa shape index (κ2) is 11.7. The predicted octanol–water partition coefficient (Wildman–Crippen LogP) is 3.09. The molecule has 5 unspecified atom stereocenters. The average molecular weight is 571 g/mol. The van der Waals surface area contributed by atoms with Crippen molar-refractivity contribution < 1.29 is 61.1 Å². The molecule has 14 heteroatoms. The number of carboxylic acids is 1. The third-order valence-electron chi connectivity index (χ3n) is 4.73. The Bertz CT molecular complexity index is 967. The summed E-state index contributed by atoms with van der Waals surface area (Å²) in [6.45, 7) is 2.55. The van der Waals surface area contributed by atoms with Crippen LogP contribution in [0.1, 0.15) is 32.8 Å². The Hall–Kier alpha value is -2.87. The van der Waals surface area contributed by atoms with Crippen LogP contribution in [0.2, 0.25) is 0 Å². The molecule has 0 amide bonds. The average Bonchev–Trinajstić information content (AvgIpc) is 2.70. The van der Waals surface area contributed by atoms with Gasteiger partial charge >= 0.3 is 30.1 Å². The van der Waals surface area contributed by atoms with Gasteiger partial charge in [0.2, 0.25) is 6.29 Å². The minimum Gasteiger partial charge on any atom is -0.481 e. The highest BCUT2D eigenvalue weighted by atomic mass is 79.9. The number of hydrogen-bond donors (Lipinski definition) is 1. The van der Waals surface area contributed by atoms with Crippen LogP contribution in [-0.2, 0) is 44.3 Å². The molecule has 1 aliphatic heterocycles. The zero-order valence-electron chi connectivity index (χ0n) is 18.7. The van der Waals surface area contributed by atoms with Gasteiger partial charge in [0, 0.05) is 25.2 Å². The molecule has 1 N–H and O–H groups in total. The normalized spacial score (nSPS) is 24.3. The second-order valence-corrected chi connectivity index (χ2v) is 8.43. The lowest BCUT2D eigenvalue weighted by Crippen LogP contribution is -2.60. The fourth-order valence-electron chi connectivity index (χ4n) is 3.46. The van der Waals surface area contributed by atoms with E-state index in [1.165, 1.54) is 6.07 Å². The van der Waals surface area contributed by atoms with Gasteiger partial charge in [-0.25, -0.2) is 0 Å². The Morgan fingerprint density at radius 3 is 2.14 bits per heavy atom. The lowest BCUT2D eigenvalue weighted by atomic mass is 9.87. The number of esters is 3. The van der Waals surface area contributed by atoms with Crippen LogP contribution in [0.4, 0.5) is 13.2 Å². The topological polar surface area (TPSA) is 135 Å². The monoisotopic (exact) mass is 570 g/mol. The molecular weight excluding hydrogens is 549 g/mol. The lowest BCUT2D eigenvalue weighted by Gasteiger charge is -2.44. The molecule has 0 saturated carbocycles. The van der Waals surface area contributed by atoms with Crippen molar-refractivity contribution in [3.05, 3.63) is 28.2 Å². The molecule has 1 fully saturated rings. The predicted molar refractivity (Wildman–Crippen MR) is 112 cm³/mol. The highest BCUT2D eigenvalue weighted by Crippen LogP contribution is 2.41. The molecule has 194 valence electrons. The number of carbonyl (C=O) groups is 4. The van der Waals surface area contributed by atoms with Crippen LogP contribution in [0.15, 0.2) is 22.7 Å². The van der Waals surface area contributed by atoms with Crippen molar-refractivity contribution in [3.63, 3.8) is 0 Å². The summed E-state index contributed by atoms with van der Waals surface area (Å²) in [4.78, 5) is 46.4. The third-order valence-corrected chi connectivity index (χ3v) is 5.22. The van der Waals surface area contributed by atoms with Crippen LogP contribution < -0.4 is 4.74 Å². The fourth-order valence-corrected chi connectivity index (χ4v) is 3.82. The Morgan fingerprint density at radius 2 is 1.63 bits per heavy atom. The van der Waals surface area contributed by atoms with Gasteiger partial charge < -0.3 is 28.8 Å². The van der Waals surface area contributed by atoms with E-state index >= 15 is 0 Å². The first-order valence-electron chi connectivity index (χ1n) is 10.1. The first kappa shape index (κ1) is 28.4. The number of alkyl halides is 3. The van der Waals surface area contributed by atoms with Crippen LogP contribution in [0.5, 0.6) is 5.75 Å². The molecule has 0 spiro atoms. The van der Waals surface area contributed by atoms with E-state index in [1.807, 2.05) is 0 Å². The zero-order valence-corrected chi connectivity index (χ0v) is 20.3. The highest BCUT2D eigenvalue weighted by molar-refractivity contribution is 9.10. The number of hydrogen-bond acceptors (Lipinski definition) is 9. The lowest BCUT2D eigenvalue weighted by molar-refractivity contribution is -0.272. The summed E-state index contributed by atoms with van der Waals surface area (Å²) in [5.41, 5.74) is -1.19. The van der Waals surface area contributed by atoms with Crippen LogP contribution >= 0.6 is 15.9 Å². The van der Waals surface area contributed by atoms with Crippen LogP contribution in [-0.4, -0.2) is 60.2 Å². The molecule has 1 aromatic carbocycles. The summed E-state index contributed by atoms with van der Waals surface area (Å²) in [6.07, 6.45) is -11.7. The molecule has 5 atom stereocenters. The molecule has 10 nitrogen and oxygen atoms in total. The summed E-state index contributed by atoms with van der Waals surface area (Å²) in [6, 6.07) is 3.02. The van der Waals surface area contributed by atoms with Crippen molar-refractivity contribution in [3.8, 4) is 5.75 Å². The van der Waals surface area contributed by atoms with Gasteiger partial charge in [0.25, 0.3) is 0 Å². The summed E-state index contributed by atoms with van der Waals surface area (Å²) >= 11 is 2.95. The molecule has 0 radical (unpaired) electrons. The first-order chi connectivity index (χ1) is 16.2. The molecule has 1 aliphatic rings. The highest BCUT2D eigenvalue weighted by Gasteiger charge is 2.52. The van der Waals surface area contributed by atoms with E-state index < -0.39 is 84.9 Å². The molecule has 1 heterocycles. The Balaban J connectivity index is 2.56. The van der Waals surface area contributed by atoms with Gasteiger partial charge in [-0.3, -0.25) is 19.2 Å². The SMILES string of the molecule is CC(=O)OCC1OC(Oc2ccc(Br)cc2C(F)(F)F)C(CC(=O)O)C(OC(C)=O)C1OC(C)=O. The first-order valence-corrected chi connectivity index (χ1v) is 10.9. The van der Waals surface area contributed by atoms with Crippen LogP contribution in [0.25, 0.3) is 0 Å². The molecular formula is C21H22BrF3O10. The van der Waals surface area contributed by atoms with Crippen molar-refractivity contribution >= 4 is 39.8 Å². The van der Waals surface area contributed by atoms with Crippen molar-refractivity contribution in [1.29, 1.82) is 0 Å². The number of ether oxygens (including phenoxy) is 5. The van der Waals surface area contributed by atoms with Crippen molar-refractivity contribution in [2.24, 2.45) is 5.92 Å². The van der Waals surface area contributed by atoms with Gasteiger partial charge in [0.05, 0.1) is 17.9 Å². The Labute approximate surface area is 205 Å². The van der Waals surface area contributed by atoms with Gasteiger partial charge in [-0.15, -0.1) is 0 Å². The quantitative estimate of drug-likeness (QED) is 0.367. The van der Waals surface area contributed by atoms with Crippen molar-refractivity contribution in [2.75, 3.05) is 6.61 Å². The third kappa shape index (κ3) is 8.09. The van der Waals surface area contributed by atoms with E-state index in [2.05, 4.69) is 15.9 Å². The molecule has 35 heavy (non-hydrogen) atoms. The van der Waals surface area contributed by atoms with E-state index in [0.717, 1.165) is 32.9 Å². The van der Waals surface area contributed by atoms with E-state index in [-0.39, 0.29) is 4.47 Å². The maximum absolute atomic E-state index is 13.6. The molecule has 1 aromatic rings. The molecule has 1 saturated heterocycles. The standard InChI is InChI=1S/C21H22BrF3O10/c1-9(26)31-8-16-19(33-11(3)28)18(32-10(2)27)13(7-17(29)30)20(35-16)34-15-5-4-12(22)6-14(15)21(23,24)25/h4-6,13,16,18-20H,7-8H2,1-3H3,(H,29,30).